The highest BCUT2D eigenvalue weighted by molar-refractivity contribution is 7.19. The summed E-state index contributed by atoms with van der Waals surface area (Å²) in [6, 6.07) is 6.30. The zero-order valence-corrected chi connectivity index (χ0v) is 16.4. The van der Waals surface area contributed by atoms with Gasteiger partial charge in [0, 0.05) is 39.6 Å². The molecule has 1 saturated heterocycles. The molecule has 0 bridgehead atoms. The Kier molecular flexibility index (Phi) is 4.49. The van der Waals surface area contributed by atoms with E-state index in [1.165, 1.54) is 12.0 Å². The molecule has 2 atom stereocenters. The summed E-state index contributed by atoms with van der Waals surface area (Å²) in [7, 11) is 2.71. The van der Waals surface area contributed by atoms with Gasteiger partial charge in [0.1, 0.15) is 5.75 Å². The number of esters is 1. The van der Waals surface area contributed by atoms with Crippen molar-refractivity contribution in [2.75, 3.05) is 27.4 Å². The predicted molar refractivity (Wildman–Crippen MR) is 102 cm³/mol. The van der Waals surface area contributed by atoms with Crippen molar-refractivity contribution in [1.82, 2.24) is 0 Å². The first-order valence-corrected chi connectivity index (χ1v) is 9.66. The average molecular weight is 374 g/mol. The molecule has 1 aliphatic carbocycles. The Bertz CT molecular complexity index is 836. The zero-order chi connectivity index (χ0) is 18.5. The quantitative estimate of drug-likeness (QED) is 0.609. The normalized spacial score (nSPS) is 24.5. The lowest BCUT2D eigenvalue weighted by Crippen LogP contribution is -2.47. The molecule has 0 spiro atoms. The number of carbonyl (C=O) groups is 1. The highest BCUT2D eigenvalue weighted by Gasteiger charge is 2.46. The first kappa shape index (κ1) is 17.8. The number of hydrogen-bond acceptors (Lipinski definition) is 6. The number of hydrogen-bond donors (Lipinski definition) is 0. The Morgan fingerprint density at radius 1 is 1.23 bits per heavy atom. The van der Waals surface area contributed by atoms with Crippen molar-refractivity contribution in [3.63, 3.8) is 0 Å². The molecule has 2 fully saturated rings. The minimum Gasteiger partial charge on any atom is -0.497 e. The predicted octanol–water partition coefficient (Wildman–Crippen LogP) is 2.95. The van der Waals surface area contributed by atoms with E-state index in [4.69, 9.17) is 18.8 Å². The second kappa shape index (κ2) is 6.55. The van der Waals surface area contributed by atoms with E-state index in [1.54, 1.807) is 18.4 Å². The molecule has 0 amide bonds. The van der Waals surface area contributed by atoms with Crippen LogP contribution in [0.15, 0.2) is 18.2 Å². The Morgan fingerprint density at radius 3 is 2.62 bits per heavy atom. The average Bonchev–Trinajstić information content (AvgIpc) is 3.32. The van der Waals surface area contributed by atoms with Crippen LogP contribution >= 0.6 is 11.3 Å². The molecule has 1 aromatic heterocycles. The van der Waals surface area contributed by atoms with Crippen molar-refractivity contribution in [3.05, 3.63) is 23.1 Å². The van der Waals surface area contributed by atoms with E-state index in [9.17, 15) is 4.79 Å². The number of ether oxygens (including phenoxy) is 2. The van der Waals surface area contributed by atoms with Crippen LogP contribution in [0.4, 0.5) is 0 Å². The summed E-state index contributed by atoms with van der Waals surface area (Å²) in [4.78, 5) is 12.9. The van der Waals surface area contributed by atoms with Gasteiger partial charge in [-0.2, -0.15) is 0 Å². The van der Waals surface area contributed by atoms with E-state index in [0.717, 1.165) is 27.7 Å². The third kappa shape index (κ3) is 3.24. The Hall–Kier alpha value is -1.57. The number of carbonyl (C=O) groups excluding carboxylic acids is 1. The van der Waals surface area contributed by atoms with E-state index in [1.807, 2.05) is 6.07 Å². The molecule has 1 aliphatic heterocycles. The van der Waals surface area contributed by atoms with Crippen LogP contribution in [0.1, 0.15) is 31.1 Å². The fraction of sp³-hybridized carbons (Fsp3) is 0.526. The molecule has 2 aromatic rings. The molecule has 4 rings (SSSR count). The van der Waals surface area contributed by atoms with Gasteiger partial charge in [-0.1, -0.05) is 19.9 Å². The number of methoxy groups -OCH3 is 2. The van der Waals surface area contributed by atoms with Gasteiger partial charge in [-0.25, -0.2) is 0 Å². The van der Waals surface area contributed by atoms with E-state index in [2.05, 4.69) is 26.0 Å². The molecule has 1 aromatic carbocycles. The van der Waals surface area contributed by atoms with Crippen molar-refractivity contribution in [3.8, 4) is 5.75 Å². The van der Waals surface area contributed by atoms with Crippen molar-refractivity contribution in [1.29, 1.82) is 0 Å². The van der Waals surface area contributed by atoms with Crippen molar-refractivity contribution in [2.45, 2.75) is 26.2 Å². The maximum absolute atomic E-state index is 11.7. The van der Waals surface area contributed by atoms with Crippen LogP contribution in [0.3, 0.4) is 0 Å². The fourth-order valence-corrected chi connectivity index (χ4v) is 4.70. The van der Waals surface area contributed by atoms with E-state index in [0.29, 0.717) is 13.2 Å². The van der Waals surface area contributed by atoms with Crippen LogP contribution in [0, 0.1) is 11.3 Å². The highest BCUT2D eigenvalue weighted by atomic mass is 32.1. The van der Waals surface area contributed by atoms with Gasteiger partial charge in [0.05, 0.1) is 20.1 Å². The minimum absolute atomic E-state index is 0.00155. The molecule has 2 unspecified atom stereocenters. The first-order valence-electron chi connectivity index (χ1n) is 8.84. The maximum atomic E-state index is 11.7. The van der Waals surface area contributed by atoms with Crippen LogP contribution in [0.25, 0.3) is 10.1 Å². The van der Waals surface area contributed by atoms with Crippen molar-refractivity contribution >= 4 is 40.0 Å². The minimum atomic E-state index is -0.408. The summed E-state index contributed by atoms with van der Waals surface area (Å²) in [5, 5.41) is 1.13. The summed E-state index contributed by atoms with van der Waals surface area (Å²) in [5.41, 5.74) is 0.943. The van der Waals surface area contributed by atoms with E-state index in [-0.39, 0.29) is 23.2 Å². The van der Waals surface area contributed by atoms with Gasteiger partial charge < -0.3 is 18.8 Å². The van der Waals surface area contributed by atoms with E-state index < -0.39 is 7.12 Å². The molecule has 2 heterocycles. The SMILES string of the molecule is COC(=O)C1CC1c1cc2cc(B3OCC(C)(C)CO3)c(OC)cc2s1. The second-order valence-corrected chi connectivity index (χ2v) is 8.99. The lowest BCUT2D eigenvalue weighted by Gasteiger charge is -2.33. The van der Waals surface area contributed by atoms with Crippen molar-refractivity contribution in [2.24, 2.45) is 11.3 Å². The summed E-state index contributed by atoms with van der Waals surface area (Å²) in [6.07, 6.45) is 0.868. The standard InChI is InChI=1S/C19H23BO5S/c1-19(2)9-24-20(25-10-19)14-5-11-6-17(12-7-13(12)18(21)23-4)26-16(11)8-15(14)22-3/h5-6,8,12-13H,7,9-10H2,1-4H3. The van der Waals surface area contributed by atoms with Gasteiger partial charge in [0.15, 0.2) is 0 Å². The van der Waals surface area contributed by atoms with Gasteiger partial charge in [-0.05, 0) is 23.9 Å². The number of fused-ring (bicyclic) bond motifs is 1. The maximum Gasteiger partial charge on any atom is 0.497 e. The van der Waals surface area contributed by atoms with Crippen molar-refractivity contribution < 1.29 is 23.6 Å². The Balaban J connectivity index is 1.62. The van der Waals surface area contributed by atoms with Gasteiger partial charge in [-0.15, -0.1) is 11.3 Å². The first-order chi connectivity index (χ1) is 12.4. The largest absolute Gasteiger partial charge is 0.497 e. The molecular formula is C19H23BO5S. The summed E-state index contributed by atoms with van der Waals surface area (Å²) in [5.74, 6) is 0.937. The molecular weight excluding hydrogens is 351 g/mol. The molecule has 2 aliphatic rings. The van der Waals surface area contributed by atoms with Gasteiger partial charge in [0.25, 0.3) is 0 Å². The molecule has 0 radical (unpaired) electrons. The third-order valence-electron chi connectivity index (χ3n) is 5.05. The van der Waals surface area contributed by atoms with Crippen LogP contribution in [0.2, 0.25) is 0 Å². The van der Waals surface area contributed by atoms with Crippen LogP contribution in [0.5, 0.6) is 5.75 Å². The monoisotopic (exact) mass is 374 g/mol. The van der Waals surface area contributed by atoms with Crippen LogP contribution in [-0.2, 0) is 18.8 Å². The summed E-state index contributed by atoms with van der Waals surface area (Å²) >= 11 is 1.71. The number of rotatable bonds is 4. The zero-order valence-electron chi connectivity index (χ0n) is 15.5. The lowest BCUT2D eigenvalue weighted by molar-refractivity contribution is -0.142. The molecule has 138 valence electrons. The van der Waals surface area contributed by atoms with Gasteiger partial charge >= 0.3 is 13.1 Å². The Morgan fingerprint density at radius 2 is 1.96 bits per heavy atom. The summed E-state index contributed by atoms with van der Waals surface area (Å²) in [6.45, 7) is 5.55. The van der Waals surface area contributed by atoms with Gasteiger partial charge in [0.2, 0.25) is 0 Å². The fourth-order valence-electron chi connectivity index (χ4n) is 3.44. The number of thiophene rings is 1. The molecule has 26 heavy (non-hydrogen) atoms. The van der Waals surface area contributed by atoms with Crippen LogP contribution in [-0.4, -0.2) is 40.5 Å². The molecule has 1 saturated carbocycles. The number of benzene rings is 1. The topological polar surface area (TPSA) is 54.0 Å². The third-order valence-corrected chi connectivity index (χ3v) is 6.28. The lowest BCUT2D eigenvalue weighted by atomic mass is 9.75. The smallest absolute Gasteiger partial charge is 0.497 e. The van der Waals surface area contributed by atoms with Crippen LogP contribution < -0.4 is 10.2 Å². The molecule has 0 N–H and O–H groups in total. The molecule has 7 heteroatoms. The second-order valence-electron chi connectivity index (χ2n) is 7.87. The van der Waals surface area contributed by atoms with E-state index >= 15 is 0 Å². The Labute approximate surface area is 157 Å². The summed E-state index contributed by atoms with van der Waals surface area (Å²) < 4.78 is 23.5. The molecule has 5 nitrogen and oxygen atoms in total. The van der Waals surface area contributed by atoms with Gasteiger partial charge in [-0.3, -0.25) is 4.79 Å². The highest BCUT2D eigenvalue weighted by Crippen LogP contribution is 2.51.